The number of benzene rings is 8. The van der Waals surface area contributed by atoms with E-state index in [9.17, 15) is 0 Å². The molecule has 8 aromatic rings. The van der Waals surface area contributed by atoms with Gasteiger partial charge in [0.25, 0.3) is 0 Å². The molecule has 8 aromatic carbocycles. The van der Waals surface area contributed by atoms with Crippen molar-refractivity contribution in [3.05, 3.63) is 287 Å². The number of rotatable bonds is 10. The zero-order valence-electron chi connectivity index (χ0n) is 31.8. The average molecular weight is 730 g/mol. The molecule has 0 aliphatic rings. The van der Waals surface area contributed by atoms with Gasteiger partial charge in [-0.1, -0.05) is 242 Å². The first-order valence-corrected chi connectivity index (χ1v) is 19.5. The first-order valence-electron chi connectivity index (χ1n) is 19.5. The van der Waals surface area contributed by atoms with Crippen LogP contribution in [0.1, 0.15) is 44.5 Å². The zero-order valence-corrected chi connectivity index (χ0v) is 31.8. The van der Waals surface area contributed by atoms with E-state index in [0.29, 0.717) is 6.42 Å². The fraction of sp³-hybridized carbons (Fsp3) is 0.0714. The Labute approximate surface area is 337 Å². The molecule has 272 valence electrons. The first-order chi connectivity index (χ1) is 28.2. The van der Waals surface area contributed by atoms with Crippen molar-refractivity contribution in [2.24, 2.45) is 0 Å². The highest BCUT2D eigenvalue weighted by molar-refractivity contribution is 5.62. The van der Waals surface area contributed by atoms with E-state index < -0.39 is 16.5 Å². The monoisotopic (exact) mass is 729 g/mol. The lowest BCUT2D eigenvalue weighted by Crippen LogP contribution is -2.67. The Hall–Kier alpha value is -7.16. The lowest BCUT2D eigenvalue weighted by Gasteiger charge is -2.53. The van der Waals surface area contributed by atoms with Crippen LogP contribution < -0.4 is 5.32 Å². The summed E-state index contributed by atoms with van der Waals surface area (Å²) in [6, 6.07) is 85.3. The molecule has 1 N–H and O–H groups in total. The van der Waals surface area contributed by atoms with E-state index in [-0.39, 0.29) is 0 Å². The van der Waals surface area contributed by atoms with Gasteiger partial charge in [-0.05, 0) is 57.6 Å². The van der Waals surface area contributed by atoms with E-state index >= 15 is 0 Å². The van der Waals surface area contributed by atoms with Gasteiger partial charge < -0.3 is 0 Å². The van der Waals surface area contributed by atoms with E-state index in [1.54, 1.807) is 0 Å². The Kier molecular flexibility index (Phi) is 11.0. The number of hydrogen-bond donors (Lipinski definition) is 1. The Bertz CT molecular complexity index is 2450. The largest absolute Gasteiger partial charge is 0.276 e. The second-order valence-corrected chi connectivity index (χ2v) is 14.3. The van der Waals surface area contributed by atoms with Gasteiger partial charge in [-0.25, -0.2) is 0 Å². The van der Waals surface area contributed by atoms with E-state index in [1.807, 2.05) is 24.3 Å². The van der Waals surface area contributed by atoms with Crippen LogP contribution in [0, 0.1) is 23.7 Å². The average Bonchev–Trinajstić information content (AvgIpc) is 3.30. The van der Waals surface area contributed by atoms with Crippen LogP contribution in [0.3, 0.4) is 0 Å². The Morgan fingerprint density at radius 3 is 0.982 bits per heavy atom. The normalized spacial score (nSPS) is 12.2. The molecule has 0 aliphatic heterocycles. The Morgan fingerprint density at radius 2 is 0.614 bits per heavy atom. The van der Waals surface area contributed by atoms with Crippen LogP contribution in [0.5, 0.6) is 0 Å². The molecule has 1 nitrogen and oxygen atoms in total. The van der Waals surface area contributed by atoms with Gasteiger partial charge in [-0.15, -0.1) is 0 Å². The first kappa shape index (κ1) is 36.8. The Morgan fingerprint density at radius 1 is 0.316 bits per heavy atom. The molecule has 0 radical (unpaired) electrons. The summed E-state index contributed by atoms with van der Waals surface area (Å²) in [5.74, 6) is 15.4. The maximum Gasteiger partial charge on any atom is 0.133 e. The number of nitrogens with one attached hydrogen (secondary N) is 1. The van der Waals surface area contributed by atoms with Crippen LogP contribution >= 0.6 is 0 Å². The molecule has 8 rings (SSSR count). The summed E-state index contributed by atoms with van der Waals surface area (Å²) < 4.78 is 0. The van der Waals surface area contributed by atoms with Crippen LogP contribution in [-0.2, 0) is 17.4 Å². The molecule has 0 amide bonds. The molecule has 0 spiro atoms. The summed E-state index contributed by atoms with van der Waals surface area (Å²) >= 11 is 0. The second-order valence-electron chi connectivity index (χ2n) is 14.3. The van der Waals surface area contributed by atoms with Gasteiger partial charge in [0, 0.05) is 17.5 Å². The van der Waals surface area contributed by atoms with E-state index in [2.05, 4.69) is 247 Å². The Balaban J connectivity index is 1.59. The summed E-state index contributed by atoms with van der Waals surface area (Å²) in [6.07, 6.45) is 0.529. The fourth-order valence-electron chi connectivity index (χ4n) is 8.22. The van der Waals surface area contributed by atoms with Crippen LogP contribution in [0.4, 0.5) is 0 Å². The molecule has 1 atom stereocenters. The lowest BCUT2D eigenvalue weighted by molar-refractivity contribution is 0.255. The summed E-state index contributed by atoms with van der Waals surface area (Å²) in [4.78, 5) is 0. The smallest absolute Gasteiger partial charge is 0.133 e. The van der Waals surface area contributed by atoms with Crippen LogP contribution in [0.25, 0.3) is 0 Å². The molecule has 1 unspecified atom stereocenters. The highest BCUT2D eigenvalue weighted by atomic mass is 15.1. The van der Waals surface area contributed by atoms with E-state index in [1.165, 1.54) is 0 Å². The van der Waals surface area contributed by atoms with Crippen molar-refractivity contribution in [3.63, 3.8) is 0 Å². The minimum Gasteiger partial charge on any atom is -0.276 e. The molecule has 1 heteroatoms. The lowest BCUT2D eigenvalue weighted by atomic mass is 9.55. The van der Waals surface area contributed by atoms with Gasteiger partial charge in [0.05, 0.1) is 5.41 Å². The molecular weight excluding hydrogens is 687 g/mol. The van der Waals surface area contributed by atoms with Gasteiger partial charge in [-0.3, -0.25) is 5.32 Å². The third kappa shape index (κ3) is 7.59. The van der Waals surface area contributed by atoms with Crippen molar-refractivity contribution in [1.29, 1.82) is 0 Å². The third-order valence-corrected chi connectivity index (χ3v) is 10.7. The molecule has 0 bridgehead atoms. The van der Waals surface area contributed by atoms with Crippen LogP contribution in [-0.4, -0.2) is 5.54 Å². The van der Waals surface area contributed by atoms with E-state index in [4.69, 9.17) is 0 Å². The summed E-state index contributed by atoms with van der Waals surface area (Å²) in [5, 5.41) is 4.49. The van der Waals surface area contributed by atoms with Gasteiger partial charge in [0.2, 0.25) is 0 Å². The molecule has 0 heterocycles. The maximum atomic E-state index is 4.49. The SMILES string of the molecule is C(#CC(NC(C#Cc1ccccc1)(Cc1ccccc1)C(c1ccccc1)(c1ccccc1)c1ccccc1)(c1ccccc1)c1ccccc1)c1ccccc1. The molecule has 0 aliphatic carbocycles. The molecular formula is C56H43N. The van der Waals surface area contributed by atoms with Crippen molar-refractivity contribution in [3.8, 4) is 23.7 Å². The van der Waals surface area contributed by atoms with Gasteiger partial charge >= 0.3 is 0 Å². The van der Waals surface area contributed by atoms with Gasteiger partial charge in [-0.2, -0.15) is 0 Å². The van der Waals surface area contributed by atoms with Crippen molar-refractivity contribution in [1.82, 2.24) is 5.32 Å². The summed E-state index contributed by atoms with van der Waals surface area (Å²) in [6.45, 7) is 0. The van der Waals surface area contributed by atoms with E-state index in [0.717, 1.165) is 44.5 Å². The predicted molar refractivity (Wildman–Crippen MR) is 236 cm³/mol. The molecule has 0 saturated heterocycles. The van der Waals surface area contributed by atoms with Gasteiger partial charge in [0.1, 0.15) is 11.1 Å². The van der Waals surface area contributed by atoms with Crippen molar-refractivity contribution in [2.45, 2.75) is 22.9 Å². The minimum atomic E-state index is -1.09. The van der Waals surface area contributed by atoms with Crippen LogP contribution in [0.2, 0.25) is 0 Å². The summed E-state index contributed by atoms with van der Waals surface area (Å²) in [5.41, 5.74) is 5.30. The predicted octanol–water partition coefficient (Wildman–Crippen LogP) is 11.6. The van der Waals surface area contributed by atoms with Crippen molar-refractivity contribution in [2.75, 3.05) is 0 Å². The highest BCUT2D eigenvalue weighted by Gasteiger charge is 2.57. The van der Waals surface area contributed by atoms with Crippen molar-refractivity contribution < 1.29 is 0 Å². The van der Waals surface area contributed by atoms with Crippen molar-refractivity contribution >= 4 is 0 Å². The standard InChI is InChI=1S/C56H43N/c1-9-25-46(26-10-1)41-43-54(45-48-29-13-3-14-30-48,56(51-35-19-6-20-36-51,52-37-21-7-22-38-52)53-39-23-8-24-40-53)57-55(49-31-15-4-16-32-49,50-33-17-5-18-34-50)44-42-47-27-11-2-12-28-47/h1-40,57H,45H2. The molecule has 0 fully saturated rings. The van der Waals surface area contributed by atoms with Gasteiger partial charge in [0.15, 0.2) is 0 Å². The third-order valence-electron chi connectivity index (χ3n) is 10.7. The minimum absolute atomic E-state index is 0.529. The molecule has 0 saturated carbocycles. The number of hydrogen-bond acceptors (Lipinski definition) is 1. The maximum absolute atomic E-state index is 4.49. The molecule has 0 aromatic heterocycles. The van der Waals surface area contributed by atoms with Crippen LogP contribution in [0.15, 0.2) is 243 Å². The highest BCUT2D eigenvalue weighted by Crippen LogP contribution is 2.51. The summed E-state index contributed by atoms with van der Waals surface area (Å²) in [7, 11) is 0. The second kappa shape index (κ2) is 17.1. The molecule has 57 heavy (non-hydrogen) atoms. The zero-order chi connectivity index (χ0) is 38.6. The fourth-order valence-corrected chi connectivity index (χ4v) is 8.22. The quantitative estimate of drug-likeness (QED) is 0.109. The topological polar surface area (TPSA) is 12.0 Å².